The fourth-order valence-corrected chi connectivity index (χ4v) is 2.21. The van der Waals surface area contributed by atoms with Crippen molar-refractivity contribution >= 4 is 34.0 Å². The summed E-state index contributed by atoms with van der Waals surface area (Å²) < 4.78 is 0. The lowest BCUT2D eigenvalue weighted by molar-refractivity contribution is 0.823. The second-order valence-electron chi connectivity index (χ2n) is 4.81. The SMILES string of the molecule is Cc1cc2ncnc(Nc3ccc(Cl)cc3)c2cc1C.O.O. The summed E-state index contributed by atoms with van der Waals surface area (Å²) in [6, 6.07) is 11.8. The van der Waals surface area contributed by atoms with Crippen LogP contribution in [0, 0.1) is 13.8 Å². The first-order valence-corrected chi connectivity index (χ1v) is 6.76. The first-order valence-electron chi connectivity index (χ1n) is 6.38. The van der Waals surface area contributed by atoms with Gasteiger partial charge in [0.05, 0.1) is 5.52 Å². The van der Waals surface area contributed by atoms with Gasteiger partial charge in [0.1, 0.15) is 12.1 Å². The van der Waals surface area contributed by atoms with Crippen LogP contribution < -0.4 is 5.32 Å². The monoisotopic (exact) mass is 319 g/mol. The van der Waals surface area contributed by atoms with Crippen molar-refractivity contribution in [3.63, 3.8) is 0 Å². The summed E-state index contributed by atoms with van der Waals surface area (Å²) in [5, 5.41) is 5.05. The fraction of sp³-hybridized carbons (Fsp3) is 0.125. The van der Waals surface area contributed by atoms with Crippen molar-refractivity contribution in [2.24, 2.45) is 0 Å². The van der Waals surface area contributed by atoms with Crippen LogP contribution >= 0.6 is 11.6 Å². The molecule has 0 saturated heterocycles. The molecule has 116 valence electrons. The molecule has 0 aliphatic rings. The van der Waals surface area contributed by atoms with Gasteiger partial charge in [-0.15, -0.1) is 0 Å². The second-order valence-corrected chi connectivity index (χ2v) is 5.24. The first-order chi connectivity index (χ1) is 9.63. The fourth-order valence-electron chi connectivity index (χ4n) is 2.09. The smallest absolute Gasteiger partial charge is 0.141 e. The molecule has 22 heavy (non-hydrogen) atoms. The molecule has 1 heterocycles. The highest BCUT2D eigenvalue weighted by Crippen LogP contribution is 2.26. The predicted octanol–water partition coefficient (Wildman–Crippen LogP) is 2.99. The molecule has 0 aliphatic heterocycles. The highest BCUT2D eigenvalue weighted by atomic mass is 35.5. The number of rotatable bonds is 2. The van der Waals surface area contributed by atoms with Gasteiger partial charge >= 0.3 is 0 Å². The van der Waals surface area contributed by atoms with E-state index in [4.69, 9.17) is 11.6 Å². The van der Waals surface area contributed by atoms with Crippen LogP contribution in [-0.2, 0) is 0 Å². The highest BCUT2D eigenvalue weighted by molar-refractivity contribution is 6.30. The topological polar surface area (TPSA) is 101 Å². The third-order valence-corrected chi connectivity index (χ3v) is 3.61. The van der Waals surface area contributed by atoms with E-state index in [0.717, 1.165) is 27.4 Å². The molecule has 0 spiro atoms. The van der Waals surface area contributed by atoms with Gasteiger partial charge in [-0.3, -0.25) is 0 Å². The Balaban J connectivity index is 0.00000121. The summed E-state index contributed by atoms with van der Waals surface area (Å²) in [5.41, 5.74) is 4.35. The maximum atomic E-state index is 5.89. The lowest BCUT2D eigenvalue weighted by Gasteiger charge is -2.10. The Morgan fingerprint density at radius 2 is 1.55 bits per heavy atom. The van der Waals surface area contributed by atoms with Crippen LogP contribution in [-0.4, -0.2) is 20.9 Å². The van der Waals surface area contributed by atoms with Crippen molar-refractivity contribution in [1.29, 1.82) is 0 Å². The molecule has 0 bridgehead atoms. The molecule has 0 amide bonds. The lowest BCUT2D eigenvalue weighted by Crippen LogP contribution is -1.96. The van der Waals surface area contributed by atoms with Gasteiger partial charge in [0, 0.05) is 16.1 Å². The van der Waals surface area contributed by atoms with Gasteiger partial charge in [0.15, 0.2) is 0 Å². The van der Waals surface area contributed by atoms with Gasteiger partial charge in [0.2, 0.25) is 0 Å². The zero-order valence-electron chi connectivity index (χ0n) is 12.3. The van der Waals surface area contributed by atoms with E-state index in [1.807, 2.05) is 24.3 Å². The first kappa shape index (κ1) is 17.8. The Labute approximate surface area is 133 Å². The standard InChI is InChI=1S/C16H14ClN3.2H2O/c1-10-7-14-15(8-11(10)2)18-9-19-16(14)20-13-5-3-12(17)4-6-13;;/h3-9H,1-2H3,(H,18,19,20);2*1H2. The minimum atomic E-state index is 0. The highest BCUT2D eigenvalue weighted by Gasteiger charge is 2.06. The Kier molecular flexibility index (Phi) is 5.82. The van der Waals surface area contributed by atoms with Crippen molar-refractivity contribution in [1.82, 2.24) is 9.97 Å². The van der Waals surface area contributed by atoms with E-state index in [2.05, 4.69) is 41.3 Å². The molecular weight excluding hydrogens is 302 g/mol. The quantitative estimate of drug-likeness (QED) is 0.785. The van der Waals surface area contributed by atoms with Gasteiger partial charge in [-0.2, -0.15) is 0 Å². The summed E-state index contributed by atoms with van der Waals surface area (Å²) in [6.07, 6.45) is 1.58. The van der Waals surface area contributed by atoms with E-state index in [1.54, 1.807) is 6.33 Å². The molecule has 0 aliphatic carbocycles. The maximum Gasteiger partial charge on any atom is 0.141 e. The molecule has 5 N–H and O–H groups in total. The van der Waals surface area contributed by atoms with Crippen LogP contribution in [0.3, 0.4) is 0 Å². The van der Waals surface area contributed by atoms with Gasteiger partial charge in [-0.1, -0.05) is 11.6 Å². The molecule has 0 saturated carbocycles. The van der Waals surface area contributed by atoms with Crippen LogP contribution in [0.4, 0.5) is 11.5 Å². The van der Waals surface area contributed by atoms with E-state index in [-0.39, 0.29) is 11.0 Å². The second kappa shape index (κ2) is 7.17. The molecule has 0 unspecified atom stereocenters. The molecule has 0 atom stereocenters. The number of hydrogen-bond donors (Lipinski definition) is 1. The maximum absolute atomic E-state index is 5.89. The molecule has 0 radical (unpaired) electrons. The normalized spacial score (nSPS) is 9.77. The Bertz CT molecular complexity index is 776. The summed E-state index contributed by atoms with van der Waals surface area (Å²) in [7, 11) is 0. The van der Waals surface area contributed by atoms with Crippen molar-refractivity contribution in [3.05, 3.63) is 58.9 Å². The molecule has 2 aromatic carbocycles. The van der Waals surface area contributed by atoms with Crippen molar-refractivity contribution < 1.29 is 11.0 Å². The van der Waals surface area contributed by atoms with Crippen LogP contribution in [0.25, 0.3) is 10.9 Å². The number of halogens is 1. The number of aromatic nitrogens is 2. The number of aryl methyl sites for hydroxylation is 2. The summed E-state index contributed by atoms with van der Waals surface area (Å²) in [4.78, 5) is 8.67. The van der Waals surface area contributed by atoms with Gasteiger partial charge in [0.25, 0.3) is 0 Å². The number of nitrogens with zero attached hydrogens (tertiary/aromatic N) is 2. The van der Waals surface area contributed by atoms with Crippen molar-refractivity contribution in [2.75, 3.05) is 5.32 Å². The largest absolute Gasteiger partial charge is 0.412 e. The van der Waals surface area contributed by atoms with Crippen LogP contribution in [0.1, 0.15) is 11.1 Å². The Morgan fingerprint density at radius 1 is 0.909 bits per heavy atom. The van der Waals surface area contributed by atoms with E-state index in [9.17, 15) is 0 Å². The van der Waals surface area contributed by atoms with E-state index < -0.39 is 0 Å². The van der Waals surface area contributed by atoms with Crippen molar-refractivity contribution in [2.45, 2.75) is 13.8 Å². The van der Waals surface area contributed by atoms with Crippen LogP contribution in [0.2, 0.25) is 5.02 Å². The average Bonchev–Trinajstić information content (AvgIpc) is 2.43. The molecular formula is C16H18ClN3O2. The zero-order valence-corrected chi connectivity index (χ0v) is 13.1. The zero-order chi connectivity index (χ0) is 14.1. The number of nitrogens with one attached hydrogen (secondary N) is 1. The van der Waals surface area contributed by atoms with E-state index >= 15 is 0 Å². The summed E-state index contributed by atoms with van der Waals surface area (Å²) in [5.74, 6) is 0.806. The molecule has 5 nitrogen and oxygen atoms in total. The van der Waals surface area contributed by atoms with Crippen LogP contribution in [0.5, 0.6) is 0 Å². The Morgan fingerprint density at radius 3 is 2.23 bits per heavy atom. The lowest BCUT2D eigenvalue weighted by atomic mass is 10.1. The predicted molar refractivity (Wildman–Crippen MR) is 91.0 cm³/mol. The number of benzene rings is 2. The van der Waals surface area contributed by atoms with E-state index in [1.165, 1.54) is 11.1 Å². The average molecular weight is 320 g/mol. The third kappa shape index (κ3) is 3.51. The number of fused-ring (bicyclic) bond motifs is 1. The Hall–Kier alpha value is -2.21. The minimum absolute atomic E-state index is 0. The van der Waals surface area contributed by atoms with E-state index in [0.29, 0.717) is 0 Å². The minimum Gasteiger partial charge on any atom is -0.412 e. The molecule has 3 aromatic rings. The molecule has 6 heteroatoms. The molecule has 3 rings (SSSR count). The molecule has 1 aromatic heterocycles. The number of anilines is 2. The number of hydrogen-bond acceptors (Lipinski definition) is 3. The van der Waals surface area contributed by atoms with Gasteiger partial charge in [-0.25, -0.2) is 9.97 Å². The third-order valence-electron chi connectivity index (χ3n) is 3.36. The van der Waals surface area contributed by atoms with Gasteiger partial charge in [-0.05, 0) is 61.4 Å². The van der Waals surface area contributed by atoms with Gasteiger partial charge < -0.3 is 16.3 Å². The van der Waals surface area contributed by atoms with Crippen LogP contribution in [0.15, 0.2) is 42.7 Å². The summed E-state index contributed by atoms with van der Waals surface area (Å²) >= 11 is 5.89. The molecule has 0 fully saturated rings. The summed E-state index contributed by atoms with van der Waals surface area (Å²) in [6.45, 7) is 4.18. The van der Waals surface area contributed by atoms with Crippen molar-refractivity contribution in [3.8, 4) is 0 Å².